The highest BCUT2D eigenvalue weighted by atomic mass is 16.3. The summed E-state index contributed by atoms with van der Waals surface area (Å²) in [6, 6.07) is 7.91. The van der Waals surface area contributed by atoms with E-state index in [4.69, 9.17) is 5.73 Å². The molecule has 1 aromatic heterocycles. The van der Waals surface area contributed by atoms with Gasteiger partial charge in [0.15, 0.2) is 0 Å². The molecule has 0 bridgehead atoms. The number of aromatic hydroxyl groups is 1. The quantitative estimate of drug-likeness (QED) is 0.705. The molecule has 2 aromatic rings. The van der Waals surface area contributed by atoms with Gasteiger partial charge in [-0.05, 0) is 30.2 Å². The third-order valence-electron chi connectivity index (χ3n) is 2.93. The smallest absolute Gasteiger partial charge is 0.237 e. The van der Waals surface area contributed by atoms with Crippen molar-refractivity contribution in [2.45, 2.75) is 19.0 Å². The van der Waals surface area contributed by atoms with Gasteiger partial charge in [-0.3, -0.25) is 9.48 Å². The first-order valence-corrected chi connectivity index (χ1v) is 6.44. The normalized spacial score (nSPS) is 12.1. The number of rotatable bonds is 6. The summed E-state index contributed by atoms with van der Waals surface area (Å²) in [6.45, 7) is 1.11. The van der Waals surface area contributed by atoms with Crippen LogP contribution in [0.2, 0.25) is 0 Å². The van der Waals surface area contributed by atoms with E-state index < -0.39 is 6.04 Å². The maximum atomic E-state index is 11.8. The number of carbonyl (C=O) groups is 1. The Morgan fingerprint density at radius 1 is 1.40 bits per heavy atom. The van der Waals surface area contributed by atoms with E-state index >= 15 is 0 Å². The Labute approximate surface area is 117 Å². The first-order valence-electron chi connectivity index (χ1n) is 6.44. The van der Waals surface area contributed by atoms with Gasteiger partial charge >= 0.3 is 0 Å². The summed E-state index contributed by atoms with van der Waals surface area (Å²) in [5.41, 5.74) is 6.76. The van der Waals surface area contributed by atoms with Crippen molar-refractivity contribution in [2.24, 2.45) is 5.73 Å². The lowest BCUT2D eigenvalue weighted by Gasteiger charge is -2.12. The standard InChI is InChI=1S/C14H18N4O2/c15-13(10-11-2-4-12(19)5-3-11)14(20)16-7-9-18-8-1-6-17-18/h1-6,8,13,19H,7,9-10,15H2,(H,16,20). The van der Waals surface area contributed by atoms with E-state index in [1.165, 1.54) is 0 Å². The Hall–Kier alpha value is -2.34. The van der Waals surface area contributed by atoms with Crippen LogP contribution in [0.15, 0.2) is 42.7 Å². The van der Waals surface area contributed by atoms with Crippen molar-refractivity contribution >= 4 is 5.91 Å². The van der Waals surface area contributed by atoms with Crippen molar-refractivity contribution in [2.75, 3.05) is 6.54 Å². The van der Waals surface area contributed by atoms with Gasteiger partial charge in [0.2, 0.25) is 5.91 Å². The highest BCUT2D eigenvalue weighted by molar-refractivity contribution is 5.81. The number of carbonyl (C=O) groups excluding carboxylic acids is 1. The molecular weight excluding hydrogens is 256 g/mol. The molecule has 1 heterocycles. The monoisotopic (exact) mass is 274 g/mol. The number of amides is 1. The summed E-state index contributed by atoms with van der Waals surface area (Å²) < 4.78 is 1.74. The number of nitrogens with two attached hydrogens (primary N) is 1. The Morgan fingerprint density at radius 3 is 2.80 bits per heavy atom. The van der Waals surface area contributed by atoms with Gasteiger partial charge in [-0.1, -0.05) is 12.1 Å². The predicted molar refractivity (Wildman–Crippen MR) is 75.0 cm³/mol. The Kier molecular flexibility index (Phi) is 4.73. The van der Waals surface area contributed by atoms with Gasteiger partial charge in [0.25, 0.3) is 0 Å². The second kappa shape index (κ2) is 6.72. The third-order valence-corrected chi connectivity index (χ3v) is 2.93. The Bertz CT molecular complexity index is 537. The van der Waals surface area contributed by atoms with Gasteiger partial charge in [0, 0.05) is 18.9 Å². The zero-order valence-electron chi connectivity index (χ0n) is 11.1. The number of nitrogens with zero attached hydrogens (tertiary/aromatic N) is 2. The first-order chi connectivity index (χ1) is 9.65. The van der Waals surface area contributed by atoms with Crippen LogP contribution in [0.4, 0.5) is 0 Å². The van der Waals surface area contributed by atoms with Crippen LogP contribution >= 0.6 is 0 Å². The van der Waals surface area contributed by atoms with Gasteiger partial charge in [-0.2, -0.15) is 5.10 Å². The van der Waals surface area contributed by atoms with Gasteiger partial charge in [-0.15, -0.1) is 0 Å². The number of hydrogen-bond acceptors (Lipinski definition) is 4. The summed E-state index contributed by atoms with van der Waals surface area (Å²) in [4.78, 5) is 11.8. The summed E-state index contributed by atoms with van der Waals surface area (Å²) in [5, 5.41) is 16.0. The number of phenolic OH excluding ortho intramolecular Hbond substituents is 1. The van der Waals surface area contributed by atoms with E-state index in [2.05, 4.69) is 10.4 Å². The Morgan fingerprint density at radius 2 is 2.15 bits per heavy atom. The fourth-order valence-corrected chi connectivity index (χ4v) is 1.84. The van der Waals surface area contributed by atoms with Crippen LogP contribution in [0.5, 0.6) is 5.75 Å². The molecule has 4 N–H and O–H groups in total. The van der Waals surface area contributed by atoms with E-state index in [1.807, 2.05) is 12.3 Å². The first kappa shape index (κ1) is 14.1. The molecule has 6 heteroatoms. The highest BCUT2D eigenvalue weighted by Crippen LogP contribution is 2.10. The lowest BCUT2D eigenvalue weighted by molar-refractivity contribution is -0.122. The summed E-state index contributed by atoms with van der Waals surface area (Å²) in [7, 11) is 0. The van der Waals surface area contributed by atoms with Crippen LogP contribution in [0.25, 0.3) is 0 Å². The van der Waals surface area contributed by atoms with Crippen LogP contribution in [-0.2, 0) is 17.8 Å². The molecule has 1 unspecified atom stereocenters. The van der Waals surface area contributed by atoms with Crippen molar-refractivity contribution in [1.29, 1.82) is 0 Å². The summed E-state index contributed by atoms with van der Waals surface area (Å²) in [6.07, 6.45) is 3.97. The van der Waals surface area contributed by atoms with Crippen molar-refractivity contribution in [3.05, 3.63) is 48.3 Å². The minimum Gasteiger partial charge on any atom is -0.508 e. The van der Waals surface area contributed by atoms with Gasteiger partial charge in [0.1, 0.15) is 5.75 Å². The molecule has 0 aliphatic rings. The van der Waals surface area contributed by atoms with Crippen molar-refractivity contribution < 1.29 is 9.90 Å². The molecule has 1 amide bonds. The van der Waals surface area contributed by atoms with Crippen molar-refractivity contribution in [1.82, 2.24) is 15.1 Å². The molecule has 0 saturated carbocycles. The van der Waals surface area contributed by atoms with Crippen molar-refractivity contribution in [3.63, 3.8) is 0 Å². The second-order valence-corrected chi connectivity index (χ2v) is 4.54. The minimum absolute atomic E-state index is 0.190. The zero-order chi connectivity index (χ0) is 14.4. The molecule has 106 valence electrons. The number of benzene rings is 1. The average Bonchev–Trinajstić information content (AvgIpc) is 2.94. The van der Waals surface area contributed by atoms with Gasteiger partial charge < -0.3 is 16.2 Å². The van der Waals surface area contributed by atoms with Crippen LogP contribution in [0, 0.1) is 0 Å². The lowest BCUT2D eigenvalue weighted by Crippen LogP contribution is -2.43. The van der Waals surface area contributed by atoms with E-state index in [0.717, 1.165) is 5.56 Å². The summed E-state index contributed by atoms with van der Waals surface area (Å²) in [5.74, 6) is 0.0104. The van der Waals surface area contributed by atoms with E-state index in [0.29, 0.717) is 19.5 Å². The van der Waals surface area contributed by atoms with E-state index in [-0.39, 0.29) is 11.7 Å². The molecule has 0 saturated heterocycles. The molecule has 0 fully saturated rings. The SMILES string of the molecule is NC(Cc1ccc(O)cc1)C(=O)NCCn1cccn1. The molecule has 1 atom stereocenters. The number of nitrogens with one attached hydrogen (secondary N) is 1. The highest BCUT2D eigenvalue weighted by Gasteiger charge is 2.13. The fourth-order valence-electron chi connectivity index (χ4n) is 1.84. The molecule has 0 radical (unpaired) electrons. The van der Waals surface area contributed by atoms with Crippen LogP contribution in [0.1, 0.15) is 5.56 Å². The minimum atomic E-state index is -0.600. The maximum Gasteiger partial charge on any atom is 0.237 e. The number of phenols is 1. The zero-order valence-corrected chi connectivity index (χ0v) is 11.1. The van der Waals surface area contributed by atoms with Gasteiger partial charge in [-0.25, -0.2) is 0 Å². The van der Waals surface area contributed by atoms with Gasteiger partial charge in [0.05, 0.1) is 12.6 Å². The van der Waals surface area contributed by atoms with E-state index in [1.54, 1.807) is 35.1 Å². The van der Waals surface area contributed by atoms with Crippen LogP contribution in [-0.4, -0.2) is 33.4 Å². The number of aromatic nitrogens is 2. The maximum absolute atomic E-state index is 11.8. The molecule has 0 aliphatic carbocycles. The predicted octanol–water partition coefficient (Wildman–Crippen LogP) is 0.275. The molecule has 20 heavy (non-hydrogen) atoms. The lowest BCUT2D eigenvalue weighted by atomic mass is 10.1. The molecule has 0 spiro atoms. The molecule has 0 aliphatic heterocycles. The number of hydrogen-bond donors (Lipinski definition) is 3. The summed E-state index contributed by atoms with van der Waals surface area (Å²) >= 11 is 0. The molecule has 1 aromatic carbocycles. The van der Waals surface area contributed by atoms with E-state index in [9.17, 15) is 9.90 Å². The molecule has 6 nitrogen and oxygen atoms in total. The van der Waals surface area contributed by atoms with Crippen molar-refractivity contribution in [3.8, 4) is 5.75 Å². The van der Waals surface area contributed by atoms with Crippen LogP contribution < -0.4 is 11.1 Å². The second-order valence-electron chi connectivity index (χ2n) is 4.54. The fraction of sp³-hybridized carbons (Fsp3) is 0.286. The largest absolute Gasteiger partial charge is 0.508 e. The Balaban J connectivity index is 1.75. The average molecular weight is 274 g/mol. The topological polar surface area (TPSA) is 93.2 Å². The van der Waals surface area contributed by atoms with Crippen LogP contribution in [0.3, 0.4) is 0 Å². The third kappa shape index (κ3) is 4.10. The molecular formula is C14H18N4O2. The molecule has 2 rings (SSSR count).